The summed E-state index contributed by atoms with van der Waals surface area (Å²) < 4.78 is 7.60. The summed E-state index contributed by atoms with van der Waals surface area (Å²) in [5.74, 6) is 0.491. The van der Waals surface area contributed by atoms with Gasteiger partial charge < -0.3 is 9.64 Å². The van der Waals surface area contributed by atoms with Crippen molar-refractivity contribution in [2.75, 3.05) is 0 Å². The summed E-state index contributed by atoms with van der Waals surface area (Å²) in [4.78, 5) is 14.7. The molecule has 0 aliphatic carbocycles. The third-order valence-electron chi connectivity index (χ3n) is 4.64. The number of halogens is 1. The van der Waals surface area contributed by atoms with E-state index in [2.05, 4.69) is 12.0 Å². The van der Waals surface area contributed by atoms with Crippen molar-refractivity contribution in [2.45, 2.75) is 46.2 Å². The van der Waals surface area contributed by atoms with Gasteiger partial charge in [0.25, 0.3) is 0 Å². The van der Waals surface area contributed by atoms with Crippen molar-refractivity contribution >= 4 is 17.7 Å². The Labute approximate surface area is 176 Å². The highest BCUT2D eigenvalue weighted by Gasteiger charge is 2.22. The number of carbonyl (C=O) groups is 1. The Morgan fingerprint density at radius 3 is 2.45 bits per heavy atom. The predicted molar refractivity (Wildman–Crippen MR) is 116 cm³/mol. The van der Waals surface area contributed by atoms with Crippen LogP contribution < -0.4 is 4.74 Å². The molecule has 3 rings (SSSR count). The predicted octanol–water partition coefficient (Wildman–Crippen LogP) is 5.89. The number of rotatable bonds is 7. The summed E-state index contributed by atoms with van der Waals surface area (Å²) in [6.45, 7) is 6.54. The number of hydrogen-bond donors (Lipinski definition) is 0. The van der Waals surface area contributed by atoms with Crippen LogP contribution in [0.2, 0.25) is 5.02 Å². The molecule has 0 bridgehead atoms. The topological polar surface area (TPSA) is 47.4 Å². The lowest BCUT2D eigenvalue weighted by molar-refractivity contribution is 0.135. The number of amides is 1. The van der Waals surface area contributed by atoms with Crippen LogP contribution in [0.15, 0.2) is 60.8 Å². The van der Waals surface area contributed by atoms with E-state index in [1.165, 1.54) is 0 Å². The summed E-state index contributed by atoms with van der Waals surface area (Å²) in [5.41, 5.74) is 2.81. The molecule has 2 aromatic carbocycles. The molecule has 0 radical (unpaired) electrons. The average molecular weight is 412 g/mol. The molecule has 0 saturated heterocycles. The van der Waals surface area contributed by atoms with Gasteiger partial charge in [-0.2, -0.15) is 5.10 Å². The highest BCUT2D eigenvalue weighted by atomic mass is 35.5. The van der Waals surface area contributed by atoms with Gasteiger partial charge in [-0.15, -0.1) is 0 Å². The minimum atomic E-state index is -0.378. The van der Waals surface area contributed by atoms with Crippen LogP contribution >= 0.6 is 11.6 Å². The molecule has 0 aliphatic heterocycles. The Morgan fingerprint density at radius 2 is 1.83 bits per heavy atom. The number of aromatic nitrogens is 2. The molecule has 0 fully saturated rings. The van der Waals surface area contributed by atoms with Gasteiger partial charge >= 0.3 is 6.09 Å². The maximum atomic E-state index is 13.0. The second-order valence-electron chi connectivity index (χ2n) is 7.17. The molecule has 0 N–H and O–H groups in total. The smallest absolute Gasteiger partial charge is 0.406 e. The minimum absolute atomic E-state index is 0.00337. The number of ether oxygens (including phenoxy) is 1. The molecule has 1 amide bonds. The molecule has 5 nitrogen and oxygen atoms in total. The van der Waals surface area contributed by atoms with E-state index in [0.29, 0.717) is 17.3 Å². The molecule has 0 unspecified atom stereocenters. The van der Waals surface area contributed by atoms with Crippen molar-refractivity contribution in [3.05, 3.63) is 77.1 Å². The largest absolute Gasteiger partial charge is 0.415 e. The Kier molecular flexibility index (Phi) is 6.94. The molecule has 0 saturated carbocycles. The first-order valence-corrected chi connectivity index (χ1v) is 10.2. The SMILES string of the molecule is CCCc1c(OC(=O)N(Cc2ccccc2)C(C)C)cnn1-c1ccc(Cl)cc1. The molecule has 3 aromatic rings. The maximum absolute atomic E-state index is 13.0. The van der Waals surface area contributed by atoms with E-state index in [-0.39, 0.29) is 12.1 Å². The zero-order valence-electron chi connectivity index (χ0n) is 17.0. The lowest BCUT2D eigenvalue weighted by Gasteiger charge is -2.26. The lowest BCUT2D eigenvalue weighted by Crippen LogP contribution is -2.38. The van der Waals surface area contributed by atoms with Gasteiger partial charge in [0.15, 0.2) is 5.75 Å². The van der Waals surface area contributed by atoms with Crippen LogP contribution in [0.3, 0.4) is 0 Å². The molecule has 29 heavy (non-hydrogen) atoms. The maximum Gasteiger partial charge on any atom is 0.415 e. The van der Waals surface area contributed by atoms with Crippen LogP contribution in [-0.4, -0.2) is 26.8 Å². The second kappa shape index (κ2) is 9.61. The first kappa shape index (κ1) is 20.9. The fourth-order valence-electron chi connectivity index (χ4n) is 3.11. The van der Waals surface area contributed by atoms with Gasteiger partial charge in [0, 0.05) is 17.6 Å². The summed E-state index contributed by atoms with van der Waals surface area (Å²) in [5, 5.41) is 5.12. The third-order valence-corrected chi connectivity index (χ3v) is 4.89. The van der Waals surface area contributed by atoms with Crippen LogP contribution in [0.4, 0.5) is 4.79 Å². The van der Waals surface area contributed by atoms with Crippen molar-refractivity contribution in [3.8, 4) is 11.4 Å². The molecule has 152 valence electrons. The number of benzene rings is 2. The second-order valence-corrected chi connectivity index (χ2v) is 7.61. The Hall–Kier alpha value is -2.79. The normalized spacial score (nSPS) is 10.9. The summed E-state index contributed by atoms with van der Waals surface area (Å²) >= 11 is 6.00. The van der Waals surface area contributed by atoms with E-state index in [1.54, 1.807) is 15.8 Å². The van der Waals surface area contributed by atoms with Gasteiger partial charge in [-0.1, -0.05) is 55.3 Å². The van der Waals surface area contributed by atoms with Crippen LogP contribution in [0.25, 0.3) is 5.69 Å². The van der Waals surface area contributed by atoms with Crippen molar-refractivity contribution in [1.82, 2.24) is 14.7 Å². The summed E-state index contributed by atoms with van der Waals surface area (Å²) in [6, 6.07) is 17.3. The quantitative estimate of drug-likeness (QED) is 0.487. The van der Waals surface area contributed by atoms with Crippen molar-refractivity contribution in [2.24, 2.45) is 0 Å². The Bertz CT molecular complexity index is 937. The van der Waals surface area contributed by atoms with Crippen molar-refractivity contribution in [1.29, 1.82) is 0 Å². The van der Waals surface area contributed by atoms with Gasteiger partial charge in [-0.05, 0) is 50.1 Å². The standard InChI is InChI=1S/C23H26ClN3O2/c1-4-8-21-22(15-25-27(21)20-13-11-19(24)12-14-20)29-23(28)26(17(2)3)16-18-9-6-5-7-10-18/h5-7,9-15,17H,4,8,16H2,1-3H3. The van der Waals surface area contributed by atoms with Crippen LogP contribution in [-0.2, 0) is 13.0 Å². The van der Waals surface area contributed by atoms with Crippen molar-refractivity contribution in [3.63, 3.8) is 0 Å². The van der Waals surface area contributed by atoms with E-state index < -0.39 is 0 Å². The van der Waals surface area contributed by atoms with E-state index in [1.807, 2.05) is 68.4 Å². The van der Waals surface area contributed by atoms with E-state index in [9.17, 15) is 4.79 Å². The monoisotopic (exact) mass is 411 g/mol. The van der Waals surface area contributed by atoms with E-state index in [0.717, 1.165) is 29.8 Å². The van der Waals surface area contributed by atoms with E-state index >= 15 is 0 Å². The zero-order valence-corrected chi connectivity index (χ0v) is 17.8. The van der Waals surface area contributed by atoms with E-state index in [4.69, 9.17) is 16.3 Å². The van der Waals surface area contributed by atoms with Gasteiger partial charge in [-0.3, -0.25) is 0 Å². The van der Waals surface area contributed by atoms with Gasteiger partial charge in [-0.25, -0.2) is 9.48 Å². The third kappa shape index (κ3) is 5.18. The Morgan fingerprint density at radius 1 is 1.14 bits per heavy atom. The number of nitrogens with zero attached hydrogens (tertiary/aromatic N) is 3. The number of hydrogen-bond acceptors (Lipinski definition) is 3. The molecular formula is C23H26ClN3O2. The lowest BCUT2D eigenvalue weighted by atomic mass is 10.2. The highest BCUT2D eigenvalue weighted by molar-refractivity contribution is 6.30. The van der Waals surface area contributed by atoms with Crippen LogP contribution in [0, 0.1) is 0 Å². The molecule has 0 aliphatic rings. The van der Waals surface area contributed by atoms with Crippen LogP contribution in [0.5, 0.6) is 5.75 Å². The molecule has 1 aromatic heterocycles. The number of carbonyl (C=O) groups excluding carboxylic acids is 1. The molecule has 6 heteroatoms. The zero-order chi connectivity index (χ0) is 20.8. The first-order chi connectivity index (χ1) is 14.0. The summed E-state index contributed by atoms with van der Waals surface area (Å²) in [6.07, 6.45) is 2.88. The minimum Gasteiger partial charge on any atom is -0.406 e. The van der Waals surface area contributed by atoms with Crippen LogP contribution in [0.1, 0.15) is 38.4 Å². The summed E-state index contributed by atoms with van der Waals surface area (Å²) in [7, 11) is 0. The van der Waals surface area contributed by atoms with Crippen molar-refractivity contribution < 1.29 is 9.53 Å². The first-order valence-electron chi connectivity index (χ1n) is 9.84. The molecular weight excluding hydrogens is 386 g/mol. The fourth-order valence-corrected chi connectivity index (χ4v) is 3.23. The molecule has 0 atom stereocenters. The highest BCUT2D eigenvalue weighted by Crippen LogP contribution is 2.25. The van der Waals surface area contributed by atoms with Gasteiger partial charge in [0.2, 0.25) is 0 Å². The molecule has 1 heterocycles. The molecule has 0 spiro atoms. The van der Waals surface area contributed by atoms with Gasteiger partial charge in [0.05, 0.1) is 17.6 Å². The Balaban J connectivity index is 1.84. The van der Waals surface area contributed by atoms with Gasteiger partial charge in [0.1, 0.15) is 0 Å². The fraction of sp³-hybridized carbons (Fsp3) is 0.304. The average Bonchev–Trinajstić information content (AvgIpc) is 3.10.